The Bertz CT molecular complexity index is 333. The first-order valence-corrected chi connectivity index (χ1v) is 14.4. The molecule has 0 saturated heterocycles. The predicted octanol–water partition coefficient (Wildman–Crippen LogP) is 3.00. The Morgan fingerprint density at radius 3 is 1.83 bits per heavy atom. The van der Waals surface area contributed by atoms with Crippen LogP contribution in [0.3, 0.4) is 0 Å². The number of carbonyl (C=O) groups is 1. The van der Waals surface area contributed by atoms with E-state index in [2.05, 4.69) is 33.4 Å². The molecule has 0 aliphatic heterocycles. The normalized spacial score (nSPS) is 11.6. The molecule has 1 unspecified atom stereocenters. The van der Waals surface area contributed by atoms with E-state index < -0.39 is 25.4 Å². The quantitative estimate of drug-likeness (QED) is 0.0862. The summed E-state index contributed by atoms with van der Waals surface area (Å²) in [5.74, 6) is 0.506. The van der Waals surface area contributed by atoms with Gasteiger partial charge >= 0.3 is 78.4 Å². The second-order valence-electron chi connectivity index (χ2n) is 7.65. The Hall–Kier alpha value is 0.459. The Labute approximate surface area is 204 Å². The molecule has 1 atom stereocenters. The Balaban J connectivity index is -0.000000379. The van der Waals surface area contributed by atoms with Crippen LogP contribution in [0, 0.1) is 5.92 Å². The number of thiol groups is 1. The van der Waals surface area contributed by atoms with Gasteiger partial charge in [-0.1, -0.05) is 33.1 Å². The van der Waals surface area contributed by atoms with Crippen molar-refractivity contribution in [2.75, 3.05) is 32.2 Å². The minimum Gasteiger partial charge on any atom is -0.394 e. The number of aliphatic hydroxyl groups excluding tert-OH is 3. The monoisotopic (exact) mass is 559 g/mol. The van der Waals surface area contributed by atoms with E-state index in [9.17, 15) is 4.79 Å². The van der Waals surface area contributed by atoms with Crippen LogP contribution in [0.15, 0.2) is 0 Å². The van der Waals surface area contributed by atoms with Crippen molar-refractivity contribution >= 4 is 41.1 Å². The van der Waals surface area contributed by atoms with Gasteiger partial charge in [0.2, 0.25) is 0 Å². The van der Waals surface area contributed by atoms with Gasteiger partial charge < -0.3 is 25.8 Å². The van der Waals surface area contributed by atoms with Crippen LogP contribution in [0.2, 0.25) is 4.44 Å². The van der Waals surface area contributed by atoms with Crippen molar-refractivity contribution in [3.8, 4) is 0 Å². The zero-order valence-corrected chi connectivity index (χ0v) is 23.8. The molecule has 0 aromatic rings. The average molecular weight is 558 g/mol. The smallest absolute Gasteiger partial charge is 0.0856 e. The van der Waals surface area contributed by atoms with Gasteiger partial charge in [0.15, 0.2) is 0 Å². The molecule has 0 aromatic heterocycles. The molecule has 0 heterocycles. The molecule has 0 aliphatic rings. The first-order valence-electron chi connectivity index (χ1n) is 11.4. The zero-order valence-electron chi connectivity index (χ0n) is 19.7. The van der Waals surface area contributed by atoms with Gasteiger partial charge in [0.05, 0.1) is 37.7 Å². The van der Waals surface area contributed by atoms with Crippen molar-refractivity contribution in [1.82, 2.24) is 0 Å². The number of hydrogen-bond donors (Lipinski definition) is 5. The summed E-state index contributed by atoms with van der Waals surface area (Å²) in [7, 11) is 0. The summed E-state index contributed by atoms with van der Waals surface area (Å²) < 4.78 is 6.52. The van der Waals surface area contributed by atoms with E-state index in [4.69, 9.17) is 25.8 Å². The summed E-state index contributed by atoms with van der Waals surface area (Å²) in [6.07, 6.45) is 13.4. The van der Waals surface area contributed by atoms with E-state index in [1.54, 1.807) is 0 Å². The van der Waals surface area contributed by atoms with Crippen LogP contribution < -0.4 is 5.73 Å². The standard InChI is InChI=1S/C10H20O2S.C8H17.C4H11NO3.Sn.H/c1-3-5-6-9(4-2)7-12-10(11)8-13;1-3-5-7-8-6-4-2;5-4(1-6,2-7)3-8;;/h9,13H,3-8H2,1-2H3;1,3-8H2,2H3;6-8H,1-3,5H2;;. The largest absolute Gasteiger partial charge is 0.394 e. The number of aliphatic hydroxyl groups is 3. The maximum Gasteiger partial charge on any atom is 0.0856 e. The third-order valence-electron chi connectivity index (χ3n) is 4.65. The molecule has 6 nitrogen and oxygen atoms in total. The number of hydrogen-bond acceptors (Lipinski definition) is 7. The maximum atomic E-state index is 10.8. The predicted molar refractivity (Wildman–Crippen MR) is 132 cm³/mol. The number of ether oxygens (including phenoxy) is 1. The van der Waals surface area contributed by atoms with Crippen LogP contribution in [0.4, 0.5) is 0 Å². The minimum absolute atomic E-state index is 0.185. The van der Waals surface area contributed by atoms with Gasteiger partial charge in [0.1, 0.15) is 0 Å². The second kappa shape index (κ2) is 27.5. The van der Waals surface area contributed by atoms with E-state index in [0.29, 0.717) is 12.5 Å². The fourth-order valence-corrected chi connectivity index (χ4v) is 3.14. The van der Waals surface area contributed by atoms with Crippen LogP contribution >= 0.6 is 12.6 Å². The Morgan fingerprint density at radius 1 is 0.967 bits per heavy atom. The molecule has 0 amide bonds. The second-order valence-corrected chi connectivity index (χ2v) is 9.61. The van der Waals surface area contributed by atoms with Crippen molar-refractivity contribution in [3.05, 3.63) is 0 Å². The van der Waals surface area contributed by atoms with Crippen molar-refractivity contribution in [2.45, 2.75) is 95.0 Å². The third-order valence-corrected chi connectivity index (χ3v) is 6.08. The van der Waals surface area contributed by atoms with Crippen LogP contribution in [-0.4, -0.2) is 81.5 Å². The number of carbonyl (C=O) groups excluding carboxylic acids is 1. The minimum atomic E-state index is -1.21. The number of esters is 1. The van der Waals surface area contributed by atoms with Gasteiger partial charge in [-0.05, 0) is 12.3 Å². The molecule has 30 heavy (non-hydrogen) atoms. The topological polar surface area (TPSA) is 113 Å². The van der Waals surface area contributed by atoms with Crippen LogP contribution in [0.25, 0.3) is 0 Å². The summed E-state index contributed by atoms with van der Waals surface area (Å²) in [5.41, 5.74) is 3.94. The number of nitrogens with two attached hydrogens (primary N) is 1. The maximum absolute atomic E-state index is 10.8. The van der Waals surface area contributed by atoms with Crippen molar-refractivity contribution < 1.29 is 24.9 Å². The average Bonchev–Trinajstić information content (AvgIpc) is 2.79. The molecule has 0 spiro atoms. The molecule has 0 saturated carbocycles. The van der Waals surface area contributed by atoms with Crippen LogP contribution in [0.1, 0.15) is 85.0 Å². The Morgan fingerprint density at radius 2 is 1.47 bits per heavy atom. The molecule has 182 valence electrons. The molecule has 8 heteroatoms. The van der Waals surface area contributed by atoms with E-state index in [1.807, 2.05) is 0 Å². The summed E-state index contributed by atoms with van der Waals surface area (Å²) in [6.45, 7) is 5.93. The van der Waals surface area contributed by atoms with E-state index in [1.165, 1.54) is 78.3 Å². The fourth-order valence-electron chi connectivity index (χ4n) is 2.23. The molecule has 0 aliphatic carbocycles. The summed E-state index contributed by atoms with van der Waals surface area (Å²) in [6, 6.07) is 0. The van der Waals surface area contributed by atoms with Crippen molar-refractivity contribution in [1.29, 1.82) is 0 Å². The summed E-state index contributed by atoms with van der Waals surface area (Å²) in [4.78, 5) is 10.8. The first kappa shape index (κ1) is 35.1. The number of unbranched alkanes of at least 4 members (excludes halogenated alkanes) is 6. The van der Waals surface area contributed by atoms with Crippen LogP contribution in [-0.2, 0) is 9.53 Å². The third kappa shape index (κ3) is 26.5. The SMILES string of the molecule is CCCCC(CC)COC(=O)CS.CCCCCCC[CH2][SnH].NC(CO)(CO)CO. The molecular formula is C22H49NO5SSn. The van der Waals surface area contributed by atoms with Gasteiger partial charge in [-0.2, -0.15) is 12.6 Å². The molecule has 2 radical (unpaired) electrons. The van der Waals surface area contributed by atoms with Crippen molar-refractivity contribution in [3.63, 3.8) is 0 Å². The molecule has 0 fully saturated rings. The number of rotatable bonds is 16. The van der Waals surface area contributed by atoms with E-state index in [-0.39, 0.29) is 11.7 Å². The van der Waals surface area contributed by atoms with Gasteiger partial charge in [-0.25, -0.2) is 0 Å². The van der Waals surface area contributed by atoms with Gasteiger partial charge in [-0.3, -0.25) is 4.79 Å². The molecule has 0 aromatic carbocycles. The molecular weight excluding hydrogens is 509 g/mol. The van der Waals surface area contributed by atoms with E-state index >= 15 is 0 Å². The van der Waals surface area contributed by atoms with Crippen molar-refractivity contribution in [2.24, 2.45) is 11.7 Å². The van der Waals surface area contributed by atoms with Gasteiger partial charge in [0, 0.05) is 0 Å². The molecule has 5 N–H and O–H groups in total. The zero-order chi connectivity index (χ0) is 23.7. The Kier molecular flexibility index (Phi) is 32.1. The summed E-state index contributed by atoms with van der Waals surface area (Å²) in [5, 5.41) is 25.0. The van der Waals surface area contributed by atoms with Gasteiger partial charge in [0.25, 0.3) is 0 Å². The summed E-state index contributed by atoms with van der Waals surface area (Å²) >= 11 is 5.31. The van der Waals surface area contributed by atoms with Crippen LogP contribution in [0.5, 0.6) is 0 Å². The van der Waals surface area contributed by atoms with E-state index in [0.717, 1.165) is 12.8 Å². The van der Waals surface area contributed by atoms with Gasteiger partial charge in [-0.15, -0.1) is 0 Å². The molecule has 0 bridgehead atoms. The fraction of sp³-hybridized carbons (Fsp3) is 0.955. The molecule has 0 rings (SSSR count). The first-order chi connectivity index (χ1) is 14.3.